The Morgan fingerprint density at radius 3 is 3.00 bits per heavy atom. The molecule has 1 aromatic rings. The Hall–Kier alpha value is -1.84. The Bertz CT molecular complexity index is 377. The van der Waals surface area contributed by atoms with Gasteiger partial charge < -0.3 is 10.6 Å². The molecule has 0 unspecified atom stereocenters. The predicted molar refractivity (Wildman–Crippen MR) is 58.4 cm³/mol. The standard InChI is InChI=1S/C11H13FN2O/c1-3-6-13-11(15)14-10-7-8(2)4-5-9(10)12/h3-5,7H,1,6H2,2H3,(H2,13,14,15). The van der Waals surface area contributed by atoms with E-state index in [0.717, 1.165) is 5.56 Å². The van der Waals surface area contributed by atoms with E-state index in [1.165, 1.54) is 6.07 Å². The third-order valence-corrected chi connectivity index (χ3v) is 1.78. The summed E-state index contributed by atoms with van der Waals surface area (Å²) in [5.41, 5.74) is 1.06. The minimum atomic E-state index is -0.450. The van der Waals surface area contributed by atoms with Crippen molar-refractivity contribution in [1.29, 1.82) is 0 Å². The predicted octanol–water partition coefficient (Wildman–Crippen LogP) is 2.44. The molecule has 1 aromatic carbocycles. The molecular weight excluding hydrogens is 195 g/mol. The molecule has 80 valence electrons. The number of nitrogens with one attached hydrogen (secondary N) is 2. The van der Waals surface area contributed by atoms with Crippen LogP contribution in [0.3, 0.4) is 0 Å². The molecule has 0 aliphatic rings. The van der Waals surface area contributed by atoms with Crippen molar-refractivity contribution >= 4 is 11.7 Å². The van der Waals surface area contributed by atoms with Gasteiger partial charge in [-0.1, -0.05) is 12.1 Å². The third kappa shape index (κ3) is 3.42. The number of hydrogen-bond acceptors (Lipinski definition) is 1. The first kappa shape index (κ1) is 11.2. The molecule has 0 bridgehead atoms. The van der Waals surface area contributed by atoms with Crippen molar-refractivity contribution in [3.63, 3.8) is 0 Å². The number of urea groups is 1. The highest BCUT2D eigenvalue weighted by molar-refractivity contribution is 5.89. The monoisotopic (exact) mass is 208 g/mol. The summed E-state index contributed by atoms with van der Waals surface area (Å²) in [6.45, 7) is 5.63. The Balaban J connectivity index is 2.67. The molecule has 3 nitrogen and oxygen atoms in total. The number of rotatable bonds is 3. The average Bonchev–Trinajstić information content (AvgIpc) is 2.20. The molecule has 0 aromatic heterocycles. The van der Waals surface area contributed by atoms with Crippen LogP contribution >= 0.6 is 0 Å². The fourth-order valence-corrected chi connectivity index (χ4v) is 1.07. The molecule has 15 heavy (non-hydrogen) atoms. The number of hydrogen-bond donors (Lipinski definition) is 2. The average molecular weight is 208 g/mol. The lowest BCUT2D eigenvalue weighted by atomic mass is 10.2. The van der Waals surface area contributed by atoms with Gasteiger partial charge in [0.05, 0.1) is 5.69 Å². The van der Waals surface area contributed by atoms with Gasteiger partial charge >= 0.3 is 6.03 Å². The molecule has 0 saturated carbocycles. The maximum Gasteiger partial charge on any atom is 0.319 e. The van der Waals surface area contributed by atoms with Crippen LogP contribution in [-0.2, 0) is 0 Å². The van der Waals surface area contributed by atoms with Gasteiger partial charge in [0.2, 0.25) is 0 Å². The first-order chi connectivity index (χ1) is 7.13. The fourth-order valence-electron chi connectivity index (χ4n) is 1.07. The molecule has 1 rings (SSSR count). The van der Waals surface area contributed by atoms with Gasteiger partial charge in [0, 0.05) is 6.54 Å². The van der Waals surface area contributed by atoms with Gasteiger partial charge in [-0.05, 0) is 24.6 Å². The van der Waals surface area contributed by atoms with Crippen molar-refractivity contribution in [2.75, 3.05) is 11.9 Å². The fraction of sp³-hybridized carbons (Fsp3) is 0.182. The molecule has 4 heteroatoms. The van der Waals surface area contributed by atoms with Crippen LogP contribution in [0.2, 0.25) is 0 Å². The van der Waals surface area contributed by atoms with Crippen LogP contribution < -0.4 is 10.6 Å². The number of amides is 2. The van der Waals surface area contributed by atoms with Gasteiger partial charge in [-0.15, -0.1) is 6.58 Å². The summed E-state index contributed by atoms with van der Waals surface area (Å²) in [6, 6.07) is 4.09. The Morgan fingerprint density at radius 2 is 2.33 bits per heavy atom. The zero-order chi connectivity index (χ0) is 11.3. The van der Waals surface area contributed by atoms with Crippen LogP contribution in [0.15, 0.2) is 30.9 Å². The molecule has 0 atom stereocenters. The number of halogens is 1. The minimum Gasteiger partial charge on any atom is -0.334 e. The van der Waals surface area contributed by atoms with Crippen LogP contribution in [0.1, 0.15) is 5.56 Å². The maximum atomic E-state index is 13.2. The van der Waals surface area contributed by atoms with E-state index in [9.17, 15) is 9.18 Å². The number of anilines is 1. The molecule has 2 N–H and O–H groups in total. The van der Waals surface area contributed by atoms with E-state index in [-0.39, 0.29) is 5.69 Å². The molecule has 0 aliphatic carbocycles. The highest BCUT2D eigenvalue weighted by Crippen LogP contribution is 2.15. The van der Waals surface area contributed by atoms with Crippen LogP contribution in [0.25, 0.3) is 0 Å². The van der Waals surface area contributed by atoms with Crippen LogP contribution in [0.5, 0.6) is 0 Å². The molecule has 0 fully saturated rings. The van der Waals surface area contributed by atoms with E-state index in [0.29, 0.717) is 6.54 Å². The Labute approximate surface area is 88.0 Å². The normalized spacial score (nSPS) is 9.47. The Morgan fingerprint density at radius 1 is 1.60 bits per heavy atom. The molecule has 0 saturated heterocycles. The summed E-state index contributed by atoms with van der Waals surface area (Å²) in [5, 5.41) is 4.91. The van der Waals surface area contributed by atoms with Crippen molar-refractivity contribution < 1.29 is 9.18 Å². The van der Waals surface area contributed by atoms with Gasteiger partial charge in [-0.25, -0.2) is 9.18 Å². The quantitative estimate of drug-likeness (QED) is 0.736. The summed E-state index contributed by atoms with van der Waals surface area (Å²) in [6.07, 6.45) is 1.55. The highest BCUT2D eigenvalue weighted by atomic mass is 19.1. The topological polar surface area (TPSA) is 41.1 Å². The van der Waals surface area contributed by atoms with E-state index < -0.39 is 11.8 Å². The van der Waals surface area contributed by atoms with Gasteiger partial charge in [-0.3, -0.25) is 0 Å². The lowest BCUT2D eigenvalue weighted by Crippen LogP contribution is -2.29. The molecule has 2 amide bonds. The largest absolute Gasteiger partial charge is 0.334 e. The molecular formula is C11H13FN2O. The second-order valence-electron chi connectivity index (χ2n) is 3.11. The smallest absolute Gasteiger partial charge is 0.319 e. The van der Waals surface area contributed by atoms with E-state index in [1.54, 1.807) is 18.2 Å². The van der Waals surface area contributed by atoms with Crippen molar-refractivity contribution in [2.24, 2.45) is 0 Å². The summed E-state index contributed by atoms with van der Waals surface area (Å²) >= 11 is 0. The first-order valence-electron chi connectivity index (χ1n) is 4.55. The number of carbonyl (C=O) groups is 1. The highest BCUT2D eigenvalue weighted by Gasteiger charge is 2.05. The summed E-state index contributed by atoms with van der Waals surface area (Å²) in [7, 11) is 0. The van der Waals surface area contributed by atoms with Crippen LogP contribution in [0, 0.1) is 12.7 Å². The Kier molecular flexibility index (Phi) is 3.85. The number of benzene rings is 1. The van der Waals surface area contributed by atoms with E-state index in [1.807, 2.05) is 6.92 Å². The van der Waals surface area contributed by atoms with Gasteiger partial charge in [0.25, 0.3) is 0 Å². The van der Waals surface area contributed by atoms with Crippen molar-refractivity contribution in [2.45, 2.75) is 6.92 Å². The van der Waals surface area contributed by atoms with Crippen LogP contribution in [-0.4, -0.2) is 12.6 Å². The first-order valence-corrected chi connectivity index (χ1v) is 4.55. The molecule has 0 aliphatic heterocycles. The van der Waals surface area contributed by atoms with E-state index >= 15 is 0 Å². The lowest BCUT2D eigenvalue weighted by Gasteiger charge is -2.07. The number of aryl methyl sites for hydroxylation is 1. The molecule has 0 heterocycles. The van der Waals surface area contributed by atoms with Crippen molar-refractivity contribution in [1.82, 2.24) is 5.32 Å². The van der Waals surface area contributed by atoms with Gasteiger partial charge in [0.1, 0.15) is 5.82 Å². The minimum absolute atomic E-state index is 0.177. The summed E-state index contributed by atoms with van der Waals surface area (Å²) < 4.78 is 13.2. The summed E-state index contributed by atoms with van der Waals surface area (Å²) in [4.78, 5) is 11.2. The zero-order valence-electron chi connectivity index (χ0n) is 8.51. The lowest BCUT2D eigenvalue weighted by molar-refractivity contribution is 0.253. The zero-order valence-corrected chi connectivity index (χ0v) is 8.51. The third-order valence-electron chi connectivity index (χ3n) is 1.78. The second-order valence-corrected chi connectivity index (χ2v) is 3.11. The SMILES string of the molecule is C=CCNC(=O)Nc1cc(C)ccc1F. The van der Waals surface area contributed by atoms with Crippen LogP contribution in [0.4, 0.5) is 14.9 Å². The van der Waals surface area contributed by atoms with E-state index in [2.05, 4.69) is 17.2 Å². The second kappa shape index (κ2) is 5.14. The maximum absolute atomic E-state index is 13.2. The summed E-state index contributed by atoms with van der Waals surface area (Å²) in [5.74, 6) is -0.450. The molecule has 0 radical (unpaired) electrons. The van der Waals surface area contributed by atoms with E-state index in [4.69, 9.17) is 0 Å². The van der Waals surface area contributed by atoms with Gasteiger partial charge in [0.15, 0.2) is 0 Å². The molecule has 0 spiro atoms. The number of carbonyl (C=O) groups excluding carboxylic acids is 1. The van der Waals surface area contributed by atoms with Crippen molar-refractivity contribution in [3.05, 3.63) is 42.2 Å². The van der Waals surface area contributed by atoms with Crippen molar-refractivity contribution in [3.8, 4) is 0 Å². The van der Waals surface area contributed by atoms with Gasteiger partial charge in [-0.2, -0.15) is 0 Å².